The normalized spacial score (nSPS) is 9.91. The van der Waals surface area contributed by atoms with E-state index < -0.39 is 0 Å². The monoisotopic (exact) mass is 148 g/mol. The van der Waals surface area contributed by atoms with Crippen molar-refractivity contribution < 1.29 is 4.74 Å². The van der Waals surface area contributed by atoms with E-state index in [1.807, 2.05) is 30.3 Å². The van der Waals surface area contributed by atoms with Crippen molar-refractivity contribution in [1.29, 1.82) is 0 Å². The van der Waals surface area contributed by atoms with Crippen LogP contribution >= 0.6 is 0 Å². The largest absolute Gasteiger partial charge is 0.377 e. The van der Waals surface area contributed by atoms with Crippen LogP contribution in [0.1, 0.15) is 12.0 Å². The molecule has 0 fully saturated rings. The summed E-state index contributed by atoms with van der Waals surface area (Å²) in [5.74, 6) is 0. The maximum Gasteiger partial charge on any atom is 0.0716 e. The lowest BCUT2D eigenvalue weighted by molar-refractivity contribution is 0.125. The Morgan fingerprint density at radius 1 is 1.18 bits per heavy atom. The van der Waals surface area contributed by atoms with Gasteiger partial charge in [-0.2, -0.15) is 0 Å². The van der Waals surface area contributed by atoms with Gasteiger partial charge < -0.3 is 4.74 Å². The van der Waals surface area contributed by atoms with E-state index in [2.05, 4.69) is 0 Å². The predicted octanol–water partition coefficient (Wildman–Crippen LogP) is 2.30. The fourth-order valence-corrected chi connectivity index (χ4v) is 0.848. The van der Waals surface area contributed by atoms with Crippen LogP contribution in [0.25, 0.3) is 0 Å². The first-order chi connectivity index (χ1) is 5.43. The molecule has 0 N–H and O–H groups in total. The van der Waals surface area contributed by atoms with Crippen molar-refractivity contribution in [1.82, 2.24) is 0 Å². The van der Waals surface area contributed by atoms with Crippen molar-refractivity contribution in [2.45, 2.75) is 13.0 Å². The standard InChI is InChI=1S/C10H12O/c1-2-8-11-9-10-6-4-3-5-7-10/h1,3-7H,2,8-9H2. The lowest BCUT2D eigenvalue weighted by Crippen LogP contribution is -1.92. The molecular formula is C10H12O. The minimum atomic E-state index is 0.590. The van der Waals surface area contributed by atoms with Crippen LogP contribution in [-0.2, 0) is 11.3 Å². The molecule has 0 heterocycles. The van der Waals surface area contributed by atoms with Gasteiger partial charge in [-0.15, -0.1) is 0 Å². The molecule has 0 saturated heterocycles. The molecule has 0 atom stereocenters. The van der Waals surface area contributed by atoms with Gasteiger partial charge in [0, 0.05) is 6.61 Å². The van der Waals surface area contributed by atoms with Gasteiger partial charge in [-0.05, 0) is 18.9 Å². The topological polar surface area (TPSA) is 9.23 Å². The highest BCUT2D eigenvalue weighted by atomic mass is 16.5. The van der Waals surface area contributed by atoms with Gasteiger partial charge in [0.1, 0.15) is 0 Å². The van der Waals surface area contributed by atoms with Crippen molar-refractivity contribution in [2.75, 3.05) is 6.61 Å². The van der Waals surface area contributed by atoms with E-state index in [0.29, 0.717) is 19.6 Å². The molecule has 1 aromatic rings. The summed E-state index contributed by atoms with van der Waals surface area (Å²) in [6.07, 6.45) is 0.590. The molecule has 58 valence electrons. The summed E-state index contributed by atoms with van der Waals surface area (Å²) < 4.78 is 5.24. The Labute approximate surface area is 68.0 Å². The average molecular weight is 148 g/mol. The second kappa shape index (κ2) is 4.91. The molecule has 0 aromatic heterocycles. The third-order valence-corrected chi connectivity index (χ3v) is 1.37. The van der Waals surface area contributed by atoms with E-state index in [9.17, 15) is 0 Å². The number of rotatable bonds is 4. The van der Waals surface area contributed by atoms with Crippen LogP contribution in [0.2, 0.25) is 0 Å². The molecular weight excluding hydrogens is 136 g/mol. The minimum absolute atomic E-state index is 0.590. The average Bonchev–Trinajstić information content (AvgIpc) is 2.07. The fraction of sp³-hybridized carbons (Fsp3) is 0.300. The molecule has 1 rings (SSSR count). The van der Waals surface area contributed by atoms with Gasteiger partial charge in [0.15, 0.2) is 0 Å². The Hall–Kier alpha value is -0.820. The minimum Gasteiger partial charge on any atom is -0.377 e. The third-order valence-electron chi connectivity index (χ3n) is 1.37. The molecule has 1 heteroatoms. The van der Waals surface area contributed by atoms with Crippen molar-refractivity contribution in [3.8, 4) is 0 Å². The lowest BCUT2D eigenvalue weighted by atomic mass is 10.2. The molecule has 0 aliphatic heterocycles. The Morgan fingerprint density at radius 3 is 2.55 bits per heavy atom. The third kappa shape index (κ3) is 3.19. The van der Waals surface area contributed by atoms with Gasteiger partial charge in [0.25, 0.3) is 0 Å². The second-order valence-corrected chi connectivity index (χ2v) is 2.33. The van der Waals surface area contributed by atoms with Crippen molar-refractivity contribution in [3.63, 3.8) is 0 Å². The van der Waals surface area contributed by atoms with E-state index in [4.69, 9.17) is 11.7 Å². The molecule has 2 radical (unpaired) electrons. The first-order valence-electron chi connectivity index (χ1n) is 3.75. The van der Waals surface area contributed by atoms with E-state index in [1.165, 1.54) is 5.56 Å². The van der Waals surface area contributed by atoms with Crippen molar-refractivity contribution >= 4 is 0 Å². The summed E-state index contributed by atoms with van der Waals surface area (Å²) in [6.45, 7) is 6.57. The van der Waals surface area contributed by atoms with Crippen LogP contribution in [0, 0.1) is 6.92 Å². The molecule has 1 aromatic carbocycles. The van der Waals surface area contributed by atoms with Crippen LogP contribution in [0.4, 0.5) is 0 Å². The summed E-state index contributed by atoms with van der Waals surface area (Å²) in [6, 6.07) is 10.1. The number of benzene rings is 1. The van der Waals surface area contributed by atoms with E-state index in [-0.39, 0.29) is 0 Å². The molecule has 0 saturated carbocycles. The van der Waals surface area contributed by atoms with E-state index in [1.54, 1.807) is 0 Å². The SMILES string of the molecule is [CH]CCOCc1ccccc1. The molecule has 0 spiro atoms. The van der Waals surface area contributed by atoms with Gasteiger partial charge in [-0.25, -0.2) is 0 Å². The van der Waals surface area contributed by atoms with Gasteiger partial charge in [0.2, 0.25) is 0 Å². The van der Waals surface area contributed by atoms with Crippen molar-refractivity contribution in [2.24, 2.45) is 0 Å². The number of ether oxygens (including phenoxy) is 1. The van der Waals surface area contributed by atoms with Crippen LogP contribution < -0.4 is 0 Å². The zero-order chi connectivity index (χ0) is 7.94. The molecule has 0 unspecified atom stereocenters. The van der Waals surface area contributed by atoms with Crippen LogP contribution in [0.5, 0.6) is 0 Å². The van der Waals surface area contributed by atoms with Gasteiger partial charge >= 0.3 is 0 Å². The Balaban J connectivity index is 2.28. The summed E-state index contributed by atoms with van der Waals surface area (Å²) in [4.78, 5) is 0. The highest BCUT2D eigenvalue weighted by molar-refractivity contribution is 5.13. The van der Waals surface area contributed by atoms with Crippen LogP contribution in [-0.4, -0.2) is 6.61 Å². The predicted molar refractivity (Wildman–Crippen MR) is 45.0 cm³/mol. The summed E-state index contributed by atoms with van der Waals surface area (Å²) >= 11 is 0. The quantitative estimate of drug-likeness (QED) is 0.595. The zero-order valence-corrected chi connectivity index (χ0v) is 6.49. The number of hydrogen-bond donors (Lipinski definition) is 0. The molecule has 1 nitrogen and oxygen atoms in total. The molecule has 11 heavy (non-hydrogen) atoms. The molecule has 0 amide bonds. The van der Waals surface area contributed by atoms with Gasteiger partial charge in [0.05, 0.1) is 6.61 Å². The van der Waals surface area contributed by atoms with E-state index >= 15 is 0 Å². The number of hydrogen-bond acceptors (Lipinski definition) is 1. The molecule has 0 aliphatic carbocycles. The Kier molecular flexibility index (Phi) is 3.70. The Morgan fingerprint density at radius 2 is 1.91 bits per heavy atom. The summed E-state index contributed by atoms with van der Waals surface area (Å²) in [7, 11) is 0. The summed E-state index contributed by atoms with van der Waals surface area (Å²) in [5.41, 5.74) is 1.20. The molecule has 0 bridgehead atoms. The first kappa shape index (κ1) is 8.28. The van der Waals surface area contributed by atoms with Crippen LogP contribution in [0.3, 0.4) is 0 Å². The zero-order valence-electron chi connectivity index (χ0n) is 6.49. The highest BCUT2D eigenvalue weighted by Crippen LogP contribution is 2.00. The maximum atomic E-state index is 5.27. The van der Waals surface area contributed by atoms with Gasteiger partial charge in [-0.1, -0.05) is 30.3 Å². The van der Waals surface area contributed by atoms with Gasteiger partial charge in [-0.3, -0.25) is 0 Å². The summed E-state index contributed by atoms with van der Waals surface area (Å²) in [5, 5.41) is 0. The van der Waals surface area contributed by atoms with E-state index in [0.717, 1.165) is 0 Å². The Bertz CT molecular complexity index is 181. The van der Waals surface area contributed by atoms with Crippen molar-refractivity contribution in [3.05, 3.63) is 42.8 Å². The highest BCUT2D eigenvalue weighted by Gasteiger charge is 1.88. The first-order valence-corrected chi connectivity index (χ1v) is 3.75. The lowest BCUT2D eigenvalue weighted by Gasteiger charge is -2.00. The smallest absolute Gasteiger partial charge is 0.0716 e. The molecule has 0 aliphatic rings. The second-order valence-electron chi connectivity index (χ2n) is 2.33. The maximum absolute atomic E-state index is 5.27. The van der Waals surface area contributed by atoms with Crippen LogP contribution in [0.15, 0.2) is 30.3 Å². The fourth-order valence-electron chi connectivity index (χ4n) is 0.848.